The predicted molar refractivity (Wildman–Crippen MR) is 159 cm³/mol. The lowest BCUT2D eigenvalue weighted by atomic mass is 9.92. The first kappa shape index (κ1) is 34.5. The number of rotatable bonds is 29. The fraction of sp³-hybridized carbons (Fsp3) is 0.971. The standard InChI is InChI=1S/C34H67N/c1-4-5-6-7-8-15-18-21-24-28-33(2)30-27-31-34(3)29-25-22-19-16-13-11-9-10-12-14-17-20-23-26-32-35/h33-34H,4-31H2,1-3H3. The highest BCUT2D eigenvalue weighted by molar-refractivity contribution is 4.67. The molecule has 1 heteroatoms. The van der Waals surface area contributed by atoms with Gasteiger partial charge in [-0.3, -0.25) is 0 Å². The average molecular weight is 490 g/mol. The number of unbranched alkanes of at least 4 members (excludes halogenated alkanes) is 21. The maximum absolute atomic E-state index is 8.54. The molecule has 0 aliphatic carbocycles. The zero-order valence-electron chi connectivity index (χ0n) is 24.9. The van der Waals surface area contributed by atoms with Crippen molar-refractivity contribution in [1.82, 2.24) is 0 Å². The van der Waals surface area contributed by atoms with Crippen LogP contribution in [0.2, 0.25) is 0 Å². The Balaban J connectivity index is 3.26. The van der Waals surface area contributed by atoms with Crippen LogP contribution in [-0.4, -0.2) is 0 Å². The van der Waals surface area contributed by atoms with E-state index in [-0.39, 0.29) is 0 Å². The fourth-order valence-electron chi connectivity index (χ4n) is 5.55. The molecule has 0 radical (unpaired) electrons. The molecule has 0 spiro atoms. The first-order chi connectivity index (χ1) is 17.2. The van der Waals surface area contributed by atoms with E-state index in [9.17, 15) is 0 Å². The van der Waals surface area contributed by atoms with Crippen LogP contribution in [0.4, 0.5) is 0 Å². The molecule has 0 aromatic carbocycles. The van der Waals surface area contributed by atoms with Crippen LogP contribution in [0.3, 0.4) is 0 Å². The Hall–Kier alpha value is -0.510. The third kappa shape index (κ3) is 29.6. The molecule has 0 aliphatic heterocycles. The SMILES string of the molecule is CCCCCCCCCCCC(C)CCCC(C)CCCCCCCCCCCCCCCC#N. The Labute approximate surface area is 223 Å². The number of hydrogen-bond donors (Lipinski definition) is 0. The summed E-state index contributed by atoms with van der Waals surface area (Å²) in [4.78, 5) is 0. The van der Waals surface area contributed by atoms with E-state index in [1.54, 1.807) is 0 Å². The van der Waals surface area contributed by atoms with Crippen molar-refractivity contribution in [3.8, 4) is 6.07 Å². The van der Waals surface area contributed by atoms with Gasteiger partial charge >= 0.3 is 0 Å². The molecule has 0 aromatic rings. The van der Waals surface area contributed by atoms with Crippen molar-refractivity contribution in [3.63, 3.8) is 0 Å². The predicted octanol–water partition coefficient (Wildman–Crippen LogP) is 12.7. The summed E-state index contributed by atoms with van der Waals surface area (Å²) in [6, 6.07) is 2.24. The van der Waals surface area contributed by atoms with Crippen LogP contribution in [0.1, 0.15) is 201 Å². The normalized spacial score (nSPS) is 13.1. The Morgan fingerprint density at radius 2 is 0.686 bits per heavy atom. The molecule has 0 N–H and O–H groups in total. The van der Waals surface area contributed by atoms with E-state index >= 15 is 0 Å². The van der Waals surface area contributed by atoms with Crippen LogP contribution in [0.25, 0.3) is 0 Å². The molecule has 0 rings (SSSR count). The maximum Gasteiger partial charge on any atom is 0.0621 e. The highest BCUT2D eigenvalue weighted by Gasteiger charge is 2.06. The zero-order valence-corrected chi connectivity index (χ0v) is 24.9. The minimum atomic E-state index is 0.748. The largest absolute Gasteiger partial charge is 0.198 e. The van der Waals surface area contributed by atoms with E-state index < -0.39 is 0 Å². The number of nitriles is 1. The van der Waals surface area contributed by atoms with Crippen LogP contribution in [0.15, 0.2) is 0 Å². The first-order valence-electron chi connectivity index (χ1n) is 16.6. The second-order valence-electron chi connectivity index (χ2n) is 12.1. The van der Waals surface area contributed by atoms with Crippen molar-refractivity contribution >= 4 is 0 Å². The summed E-state index contributed by atoms with van der Waals surface area (Å²) in [6.45, 7) is 7.29. The highest BCUT2D eigenvalue weighted by Crippen LogP contribution is 2.22. The summed E-state index contributed by atoms with van der Waals surface area (Å²) in [5.74, 6) is 1.89. The van der Waals surface area contributed by atoms with E-state index in [1.165, 1.54) is 167 Å². The van der Waals surface area contributed by atoms with Gasteiger partial charge in [0, 0.05) is 6.42 Å². The van der Waals surface area contributed by atoms with E-state index in [0.717, 1.165) is 24.7 Å². The smallest absolute Gasteiger partial charge is 0.0621 e. The molecule has 0 saturated heterocycles. The molecule has 0 amide bonds. The van der Waals surface area contributed by atoms with Crippen molar-refractivity contribution in [2.45, 2.75) is 201 Å². The highest BCUT2D eigenvalue weighted by atomic mass is 14.2. The van der Waals surface area contributed by atoms with Crippen LogP contribution in [0, 0.1) is 23.2 Å². The summed E-state index contributed by atoms with van der Waals surface area (Å²) in [6.07, 6.45) is 39.2. The van der Waals surface area contributed by atoms with E-state index in [2.05, 4.69) is 26.8 Å². The lowest BCUT2D eigenvalue weighted by molar-refractivity contribution is 0.390. The van der Waals surface area contributed by atoms with Gasteiger partial charge in [0.1, 0.15) is 0 Å². The van der Waals surface area contributed by atoms with Gasteiger partial charge in [0.05, 0.1) is 6.07 Å². The second-order valence-corrected chi connectivity index (χ2v) is 12.1. The van der Waals surface area contributed by atoms with Gasteiger partial charge in [-0.1, -0.05) is 188 Å². The van der Waals surface area contributed by atoms with Gasteiger partial charge in [-0.2, -0.15) is 5.26 Å². The summed E-state index contributed by atoms with van der Waals surface area (Å²) >= 11 is 0. The van der Waals surface area contributed by atoms with Crippen LogP contribution in [-0.2, 0) is 0 Å². The summed E-state index contributed by atoms with van der Waals surface area (Å²) in [7, 11) is 0. The van der Waals surface area contributed by atoms with Gasteiger partial charge in [-0.15, -0.1) is 0 Å². The average Bonchev–Trinajstić information content (AvgIpc) is 2.85. The van der Waals surface area contributed by atoms with Gasteiger partial charge in [-0.25, -0.2) is 0 Å². The van der Waals surface area contributed by atoms with Crippen LogP contribution in [0.5, 0.6) is 0 Å². The first-order valence-corrected chi connectivity index (χ1v) is 16.6. The molecule has 0 bridgehead atoms. The van der Waals surface area contributed by atoms with Crippen molar-refractivity contribution < 1.29 is 0 Å². The summed E-state index contributed by atoms with van der Waals surface area (Å²) < 4.78 is 0. The molecule has 0 fully saturated rings. The van der Waals surface area contributed by atoms with E-state index in [4.69, 9.17) is 5.26 Å². The Kier molecular flexibility index (Phi) is 29.3. The molecule has 1 nitrogen and oxygen atoms in total. The maximum atomic E-state index is 8.54. The molecule has 35 heavy (non-hydrogen) atoms. The minimum Gasteiger partial charge on any atom is -0.198 e. The second kappa shape index (κ2) is 29.7. The summed E-state index contributed by atoms with van der Waals surface area (Å²) in [5.41, 5.74) is 0. The van der Waals surface area contributed by atoms with Crippen LogP contribution < -0.4 is 0 Å². The summed E-state index contributed by atoms with van der Waals surface area (Å²) in [5, 5.41) is 8.54. The molecular weight excluding hydrogens is 422 g/mol. The topological polar surface area (TPSA) is 23.8 Å². The molecular formula is C34H67N. The lowest BCUT2D eigenvalue weighted by Gasteiger charge is -2.14. The molecule has 0 heterocycles. The Morgan fingerprint density at radius 3 is 1.03 bits per heavy atom. The van der Waals surface area contributed by atoms with Crippen molar-refractivity contribution in [1.29, 1.82) is 5.26 Å². The van der Waals surface area contributed by atoms with Gasteiger partial charge in [-0.05, 0) is 18.3 Å². The number of nitrogens with zero attached hydrogens (tertiary/aromatic N) is 1. The van der Waals surface area contributed by atoms with Gasteiger partial charge in [0.2, 0.25) is 0 Å². The van der Waals surface area contributed by atoms with Crippen molar-refractivity contribution in [2.75, 3.05) is 0 Å². The van der Waals surface area contributed by atoms with Gasteiger partial charge in [0.15, 0.2) is 0 Å². The third-order valence-electron chi connectivity index (χ3n) is 8.18. The zero-order chi connectivity index (χ0) is 25.7. The lowest BCUT2D eigenvalue weighted by Crippen LogP contribution is -1.99. The quantitative estimate of drug-likeness (QED) is 0.0958. The van der Waals surface area contributed by atoms with Crippen LogP contribution >= 0.6 is 0 Å². The van der Waals surface area contributed by atoms with Crippen molar-refractivity contribution in [3.05, 3.63) is 0 Å². The molecule has 208 valence electrons. The third-order valence-corrected chi connectivity index (χ3v) is 8.18. The molecule has 0 aliphatic rings. The van der Waals surface area contributed by atoms with E-state index in [0.29, 0.717) is 0 Å². The van der Waals surface area contributed by atoms with E-state index in [1.807, 2.05) is 0 Å². The minimum absolute atomic E-state index is 0.748. The fourth-order valence-corrected chi connectivity index (χ4v) is 5.55. The number of hydrogen-bond acceptors (Lipinski definition) is 1. The Bertz CT molecular complexity index is 423. The van der Waals surface area contributed by atoms with Crippen molar-refractivity contribution in [2.24, 2.45) is 11.8 Å². The molecule has 0 aromatic heterocycles. The molecule has 2 unspecified atom stereocenters. The molecule has 0 saturated carbocycles. The monoisotopic (exact) mass is 490 g/mol. The van der Waals surface area contributed by atoms with Gasteiger partial charge < -0.3 is 0 Å². The molecule has 2 atom stereocenters. The van der Waals surface area contributed by atoms with Gasteiger partial charge in [0.25, 0.3) is 0 Å². The Morgan fingerprint density at radius 1 is 0.400 bits per heavy atom.